The van der Waals surface area contributed by atoms with Crippen LogP contribution in [0.3, 0.4) is 0 Å². The lowest BCUT2D eigenvalue weighted by Crippen LogP contribution is -2.61. The third-order valence-corrected chi connectivity index (χ3v) is 5.49. The number of hydrogen-bond donors (Lipinski definition) is 2. The monoisotopic (exact) mass is 347 g/mol. The van der Waals surface area contributed by atoms with Crippen LogP contribution in [0.25, 0.3) is 0 Å². The Kier molecular flexibility index (Phi) is 5.39. The van der Waals surface area contributed by atoms with Crippen molar-refractivity contribution in [1.29, 1.82) is 0 Å². The second-order valence-electron chi connectivity index (χ2n) is 7.17. The number of hydrogen-bond acceptors (Lipinski definition) is 5. The zero-order valence-electron chi connectivity index (χ0n) is 14.0. The molecule has 2 saturated heterocycles. The number of aliphatic hydroxyl groups is 1. The molecule has 2 aliphatic heterocycles. The Hall–Kier alpha value is -0.830. The Labute approximate surface area is 141 Å². The van der Waals surface area contributed by atoms with Crippen LogP contribution in [0, 0.1) is 0 Å². The van der Waals surface area contributed by atoms with Crippen molar-refractivity contribution in [1.82, 2.24) is 15.1 Å². The maximum absolute atomic E-state index is 14.1. The van der Waals surface area contributed by atoms with E-state index in [4.69, 9.17) is 4.74 Å². The van der Waals surface area contributed by atoms with Gasteiger partial charge in [-0.2, -0.15) is 8.78 Å². The number of nitrogens with zero attached hydrogens (tertiary/aromatic N) is 2. The van der Waals surface area contributed by atoms with Gasteiger partial charge in [0.2, 0.25) is 0 Å². The molecule has 0 aromatic rings. The maximum atomic E-state index is 14.1. The van der Waals surface area contributed by atoms with Crippen LogP contribution in [-0.2, 0) is 9.53 Å². The number of carbonyl (C=O) groups excluding carboxylic acids is 1. The molecule has 1 atom stereocenters. The lowest BCUT2D eigenvalue weighted by molar-refractivity contribution is -0.216. The fraction of sp³-hybridized carbons (Fsp3) is 0.938. The summed E-state index contributed by atoms with van der Waals surface area (Å²) in [6.45, 7) is 6.56. The first-order chi connectivity index (χ1) is 11.4. The number of morpholine rings is 1. The lowest BCUT2D eigenvalue weighted by Gasteiger charge is -2.41. The van der Waals surface area contributed by atoms with E-state index in [2.05, 4.69) is 15.1 Å². The molecule has 2 heterocycles. The molecule has 0 aromatic carbocycles. The Balaban J connectivity index is 1.41. The van der Waals surface area contributed by atoms with E-state index in [-0.39, 0.29) is 18.9 Å². The van der Waals surface area contributed by atoms with E-state index in [0.29, 0.717) is 19.4 Å². The van der Waals surface area contributed by atoms with Gasteiger partial charge in [0.25, 0.3) is 5.91 Å². The largest absolute Gasteiger partial charge is 0.383 e. The smallest absolute Gasteiger partial charge is 0.352 e. The number of likely N-dealkylation sites (tertiary alicyclic amines) is 1. The maximum Gasteiger partial charge on any atom is 0.352 e. The summed E-state index contributed by atoms with van der Waals surface area (Å²) >= 11 is 0. The minimum absolute atomic E-state index is 0.0102. The van der Waals surface area contributed by atoms with Gasteiger partial charge in [-0.25, -0.2) is 0 Å². The van der Waals surface area contributed by atoms with Crippen LogP contribution >= 0.6 is 0 Å². The number of alkyl halides is 2. The number of carbonyl (C=O) groups is 1. The molecule has 0 aromatic heterocycles. The molecule has 3 fully saturated rings. The predicted octanol–water partition coefficient (Wildman–Crippen LogP) is 0.0594. The summed E-state index contributed by atoms with van der Waals surface area (Å²) in [5.41, 5.74) is -2.15. The van der Waals surface area contributed by atoms with E-state index >= 15 is 0 Å². The second-order valence-corrected chi connectivity index (χ2v) is 7.17. The van der Waals surface area contributed by atoms with Crippen LogP contribution in [0.15, 0.2) is 0 Å². The fourth-order valence-corrected chi connectivity index (χ4v) is 3.57. The molecule has 0 spiro atoms. The third kappa shape index (κ3) is 3.71. The summed E-state index contributed by atoms with van der Waals surface area (Å²) in [5, 5.41) is 12.3. The second kappa shape index (κ2) is 7.19. The van der Waals surface area contributed by atoms with E-state index in [1.165, 1.54) is 0 Å². The van der Waals surface area contributed by atoms with Gasteiger partial charge >= 0.3 is 5.92 Å². The highest BCUT2D eigenvalue weighted by molar-refractivity contribution is 5.85. The first-order valence-corrected chi connectivity index (χ1v) is 8.84. The molecule has 1 aliphatic carbocycles. The quantitative estimate of drug-likeness (QED) is 0.711. The van der Waals surface area contributed by atoms with Crippen molar-refractivity contribution >= 4 is 5.91 Å². The summed E-state index contributed by atoms with van der Waals surface area (Å²) in [7, 11) is 0. The van der Waals surface area contributed by atoms with Crippen molar-refractivity contribution in [2.24, 2.45) is 0 Å². The molecule has 138 valence electrons. The predicted molar refractivity (Wildman–Crippen MR) is 84.0 cm³/mol. The van der Waals surface area contributed by atoms with Gasteiger partial charge in [-0.1, -0.05) is 0 Å². The Morgan fingerprint density at radius 3 is 2.50 bits per heavy atom. The van der Waals surface area contributed by atoms with Crippen LogP contribution in [0.2, 0.25) is 0 Å². The Bertz CT molecular complexity index is 454. The molecule has 3 rings (SSSR count). The summed E-state index contributed by atoms with van der Waals surface area (Å²) in [6.07, 6.45) is 1.19. The van der Waals surface area contributed by atoms with E-state index in [9.17, 15) is 18.7 Å². The Morgan fingerprint density at radius 2 is 1.88 bits per heavy atom. The van der Waals surface area contributed by atoms with Crippen molar-refractivity contribution in [3.8, 4) is 0 Å². The summed E-state index contributed by atoms with van der Waals surface area (Å²) < 4.78 is 33.5. The number of ether oxygens (including phenoxy) is 1. The van der Waals surface area contributed by atoms with Gasteiger partial charge in [0.15, 0.2) is 0 Å². The standard InChI is InChI=1S/C16H27F2N3O3/c17-16(18,15(23)3-1-4-15)14(22)19-13-2-5-21(12-13)7-6-20-8-10-24-11-9-20/h13,23H,1-12H2,(H,19,22). The zero-order chi connectivity index (χ0) is 17.2. The van der Waals surface area contributed by atoms with E-state index in [0.717, 1.165) is 45.9 Å². The molecule has 1 unspecified atom stereocenters. The number of nitrogens with one attached hydrogen (secondary N) is 1. The average Bonchev–Trinajstić information content (AvgIpc) is 2.99. The number of halogens is 2. The van der Waals surface area contributed by atoms with Gasteiger partial charge in [0.05, 0.1) is 13.2 Å². The number of amides is 1. The average molecular weight is 347 g/mol. The van der Waals surface area contributed by atoms with Gasteiger partial charge in [0, 0.05) is 45.3 Å². The summed E-state index contributed by atoms with van der Waals surface area (Å²) in [5.74, 6) is -5.03. The topological polar surface area (TPSA) is 65.0 Å². The molecule has 0 radical (unpaired) electrons. The van der Waals surface area contributed by atoms with Crippen LogP contribution < -0.4 is 5.32 Å². The molecular formula is C16H27F2N3O3. The van der Waals surface area contributed by atoms with Gasteiger partial charge in [-0.3, -0.25) is 14.6 Å². The van der Waals surface area contributed by atoms with Crippen molar-refractivity contribution in [3.63, 3.8) is 0 Å². The van der Waals surface area contributed by atoms with Gasteiger partial charge in [-0.05, 0) is 25.7 Å². The first kappa shape index (κ1) is 18.0. The molecule has 2 N–H and O–H groups in total. The summed E-state index contributed by atoms with van der Waals surface area (Å²) in [4.78, 5) is 16.4. The number of rotatable bonds is 6. The molecule has 3 aliphatic rings. The molecule has 8 heteroatoms. The highest BCUT2D eigenvalue weighted by atomic mass is 19.3. The van der Waals surface area contributed by atoms with Crippen LogP contribution in [-0.4, -0.2) is 90.9 Å². The molecule has 24 heavy (non-hydrogen) atoms. The van der Waals surface area contributed by atoms with Crippen molar-refractivity contribution in [3.05, 3.63) is 0 Å². The lowest BCUT2D eigenvalue weighted by atomic mass is 9.75. The van der Waals surface area contributed by atoms with Crippen molar-refractivity contribution in [2.45, 2.75) is 43.2 Å². The first-order valence-electron chi connectivity index (χ1n) is 8.84. The minimum atomic E-state index is -3.70. The van der Waals surface area contributed by atoms with Gasteiger partial charge in [0.1, 0.15) is 5.60 Å². The van der Waals surface area contributed by atoms with E-state index < -0.39 is 17.4 Å². The SMILES string of the molecule is O=C(NC1CCN(CCN2CCOCC2)C1)C(F)(F)C1(O)CCC1. The fourth-order valence-electron chi connectivity index (χ4n) is 3.57. The molecule has 1 amide bonds. The van der Waals surface area contributed by atoms with Crippen LogP contribution in [0.1, 0.15) is 25.7 Å². The van der Waals surface area contributed by atoms with Crippen molar-refractivity contribution in [2.75, 3.05) is 52.5 Å². The molecule has 1 saturated carbocycles. The van der Waals surface area contributed by atoms with Gasteiger partial charge < -0.3 is 15.2 Å². The van der Waals surface area contributed by atoms with Crippen molar-refractivity contribution < 1.29 is 23.4 Å². The van der Waals surface area contributed by atoms with Crippen LogP contribution in [0.4, 0.5) is 8.78 Å². The molecular weight excluding hydrogens is 320 g/mol. The third-order valence-electron chi connectivity index (χ3n) is 5.49. The molecule has 6 nitrogen and oxygen atoms in total. The summed E-state index contributed by atoms with van der Waals surface area (Å²) in [6, 6.07) is -0.267. The van der Waals surface area contributed by atoms with E-state index in [1.807, 2.05) is 0 Å². The minimum Gasteiger partial charge on any atom is -0.383 e. The van der Waals surface area contributed by atoms with E-state index in [1.54, 1.807) is 0 Å². The van der Waals surface area contributed by atoms with Gasteiger partial charge in [-0.15, -0.1) is 0 Å². The highest BCUT2D eigenvalue weighted by Crippen LogP contribution is 2.44. The normalized spacial score (nSPS) is 28.5. The molecule has 0 bridgehead atoms. The zero-order valence-corrected chi connectivity index (χ0v) is 14.0. The highest BCUT2D eigenvalue weighted by Gasteiger charge is 2.61. The van der Waals surface area contributed by atoms with Crippen LogP contribution in [0.5, 0.6) is 0 Å². The Morgan fingerprint density at radius 1 is 1.21 bits per heavy atom.